The smallest absolute Gasteiger partial charge is 0.406 e. The lowest BCUT2D eigenvalue weighted by Gasteiger charge is -2.24. The zero-order valence-electron chi connectivity index (χ0n) is 17.1. The first-order chi connectivity index (χ1) is 15.0. The number of carbonyl (C=O) groups is 2. The van der Waals surface area contributed by atoms with E-state index in [1.807, 2.05) is 34.6 Å². The number of aryl methyl sites for hydroxylation is 1. The molecule has 10 heteroatoms. The van der Waals surface area contributed by atoms with Crippen LogP contribution in [0, 0.1) is 6.92 Å². The Morgan fingerprint density at radius 3 is 2.81 bits per heavy atom. The second kappa shape index (κ2) is 7.53. The topological polar surface area (TPSA) is 128 Å². The fourth-order valence-electron chi connectivity index (χ4n) is 3.95. The molecule has 160 valence electrons. The number of rotatable bonds is 5. The van der Waals surface area contributed by atoms with Crippen LogP contribution in [0.1, 0.15) is 41.6 Å². The van der Waals surface area contributed by atoms with Gasteiger partial charge in [-0.05, 0) is 43.9 Å². The quantitative estimate of drug-likeness (QED) is 0.645. The fourth-order valence-corrected chi connectivity index (χ4v) is 3.95. The molecule has 1 unspecified atom stereocenters. The van der Waals surface area contributed by atoms with Gasteiger partial charge in [-0.1, -0.05) is 6.07 Å². The molecule has 0 bridgehead atoms. The van der Waals surface area contributed by atoms with Crippen LogP contribution >= 0.6 is 0 Å². The number of nitrogens with zero attached hydrogens (tertiary/aromatic N) is 5. The minimum Gasteiger partial charge on any atom is -0.426 e. The van der Waals surface area contributed by atoms with E-state index in [4.69, 9.17) is 10.5 Å². The van der Waals surface area contributed by atoms with Crippen molar-refractivity contribution in [1.82, 2.24) is 24.8 Å². The number of imidazole rings is 1. The van der Waals surface area contributed by atoms with Gasteiger partial charge in [0.15, 0.2) is 23.2 Å². The van der Waals surface area contributed by atoms with E-state index in [-0.39, 0.29) is 11.9 Å². The van der Waals surface area contributed by atoms with Crippen LogP contribution in [0.5, 0.6) is 0 Å². The summed E-state index contributed by atoms with van der Waals surface area (Å²) < 4.78 is 7.09. The predicted octanol–water partition coefficient (Wildman–Crippen LogP) is 2.04. The van der Waals surface area contributed by atoms with Gasteiger partial charge in [-0.15, -0.1) is 0 Å². The van der Waals surface area contributed by atoms with Crippen molar-refractivity contribution in [2.45, 2.75) is 44.9 Å². The molecule has 2 aliphatic rings. The molecule has 1 saturated heterocycles. The van der Waals surface area contributed by atoms with Gasteiger partial charge >= 0.3 is 6.09 Å². The molecule has 1 aromatic carbocycles. The molecule has 3 aromatic rings. The molecule has 3 heterocycles. The number of amides is 2. The summed E-state index contributed by atoms with van der Waals surface area (Å²) in [4.78, 5) is 39.1. The van der Waals surface area contributed by atoms with Gasteiger partial charge in [-0.2, -0.15) is 0 Å². The van der Waals surface area contributed by atoms with Crippen molar-refractivity contribution < 1.29 is 14.3 Å². The maximum atomic E-state index is 12.5. The van der Waals surface area contributed by atoms with Crippen LogP contribution in [0.4, 0.5) is 10.6 Å². The Bertz CT molecular complexity index is 1170. The van der Waals surface area contributed by atoms with Crippen LogP contribution in [-0.2, 0) is 4.74 Å². The third kappa shape index (κ3) is 3.65. The van der Waals surface area contributed by atoms with Gasteiger partial charge < -0.3 is 20.7 Å². The Kier molecular flexibility index (Phi) is 4.68. The molecule has 2 amide bonds. The molecular weight excluding hydrogens is 398 g/mol. The molecule has 1 aliphatic heterocycles. The number of benzene rings is 1. The van der Waals surface area contributed by atoms with Gasteiger partial charge in [0, 0.05) is 24.6 Å². The normalized spacial score (nSPS) is 18.4. The van der Waals surface area contributed by atoms with E-state index < -0.39 is 12.3 Å². The van der Waals surface area contributed by atoms with Gasteiger partial charge in [0.2, 0.25) is 0 Å². The highest BCUT2D eigenvalue weighted by Crippen LogP contribution is 2.31. The molecule has 1 atom stereocenters. The van der Waals surface area contributed by atoms with Crippen LogP contribution < -0.4 is 16.0 Å². The van der Waals surface area contributed by atoms with Crippen molar-refractivity contribution in [2.75, 3.05) is 11.4 Å². The number of primary amides is 1. The van der Waals surface area contributed by atoms with Gasteiger partial charge in [0.1, 0.15) is 12.7 Å². The second-order valence-corrected chi connectivity index (χ2v) is 7.96. The molecule has 0 radical (unpaired) electrons. The zero-order chi connectivity index (χ0) is 21.5. The van der Waals surface area contributed by atoms with E-state index in [0.717, 1.165) is 30.5 Å². The minimum absolute atomic E-state index is 0.0769. The summed E-state index contributed by atoms with van der Waals surface area (Å²) in [6, 6.07) is 5.89. The molecule has 3 N–H and O–H groups in total. The Morgan fingerprint density at radius 2 is 2.03 bits per heavy atom. The lowest BCUT2D eigenvalue weighted by atomic mass is 10.1. The number of carbonyl (C=O) groups excluding carboxylic acids is 2. The summed E-state index contributed by atoms with van der Waals surface area (Å²) in [5.74, 6) is 0.514. The number of hydrogen-bond acceptors (Lipinski definition) is 7. The Labute approximate surface area is 178 Å². The summed E-state index contributed by atoms with van der Waals surface area (Å²) in [6.07, 6.45) is 5.44. The molecule has 2 aromatic heterocycles. The van der Waals surface area contributed by atoms with Crippen molar-refractivity contribution in [3.63, 3.8) is 0 Å². The number of nitrogens with one attached hydrogen (secondary N) is 1. The predicted molar refractivity (Wildman–Crippen MR) is 113 cm³/mol. The second-order valence-electron chi connectivity index (χ2n) is 7.96. The Balaban J connectivity index is 1.53. The number of ether oxygens (including phenoxy) is 1. The summed E-state index contributed by atoms with van der Waals surface area (Å²) in [7, 11) is 0. The molecule has 1 aliphatic carbocycles. The summed E-state index contributed by atoms with van der Waals surface area (Å²) in [6.45, 7) is 2.65. The minimum atomic E-state index is -0.815. The van der Waals surface area contributed by atoms with E-state index in [2.05, 4.69) is 20.3 Å². The standard InChI is InChI=1S/C21H23N7O3/c1-12-4-5-13(20(29)26-14-6-7-14)9-15(12)28-11-25-17-18(23-10-24-19(17)28)27-8-2-3-16(27)31-21(22)30/h4-5,9-11,14,16H,2-3,6-8H2,1H3,(H2,22,30)(H,26,29). The molecule has 0 spiro atoms. The van der Waals surface area contributed by atoms with E-state index >= 15 is 0 Å². The maximum Gasteiger partial charge on any atom is 0.406 e. The van der Waals surface area contributed by atoms with E-state index in [1.165, 1.54) is 6.33 Å². The summed E-state index contributed by atoms with van der Waals surface area (Å²) in [5.41, 5.74) is 8.82. The molecule has 1 saturated carbocycles. The molecule has 5 rings (SSSR count). The van der Waals surface area contributed by atoms with E-state index in [0.29, 0.717) is 35.5 Å². The van der Waals surface area contributed by atoms with Gasteiger partial charge in [0.25, 0.3) is 5.91 Å². The number of anilines is 1. The maximum absolute atomic E-state index is 12.5. The third-order valence-electron chi connectivity index (χ3n) is 5.68. The van der Waals surface area contributed by atoms with Crippen molar-refractivity contribution in [2.24, 2.45) is 5.73 Å². The first-order valence-corrected chi connectivity index (χ1v) is 10.3. The SMILES string of the molecule is Cc1ccc(C(=O)NC2CC2)cc1-n1cnc2c(N3CCCC3OC(N)=O)ncnc21. The fraction of sp³-hybridized carbons (Fsp3) is 0.381. The van der Waals surface area contributed by atoms with Gasteiger partial charge in [-0.3, -0.25) is 9.36 Å². The van der Waals surface area contributed by atoms with E-state index in [1.54, 1.807) is 6.33 Å². The van der Waals surface area contributed by atoms with Crippen molar-refractivity contribution in [3.8, 4) is 5.69 Å². The molecule has 31 heavy (non-hydrogen) atoms. The lowest BCUT2D eigenvalue weighted by molar-refractivity contribution is 0.0950. The van der Waals surface area contributed by atoms with Crippen molar-refractivity contribution in [3.05, 3.63) is 42.0 Å². The van der Waals surface area contributed by atoms with Crippen LogP contribution in [0.15, 0.2) is 30.9 Å². The van der Waals surface area contributed by atoms with Crippen LogP contribution in [0.3, 0.4) is 0 Å². The molecular formula is C21H23N7O3. The first-order valence-electron chi connectivity index (χ1n) is 10.3. The highest BCUT2D eigenvalue weighted by Gasteiger charge is 2.31. The molecule has 10 nitrogen and oxygen atoms in total. The first kappa shape index (κ1) is 19.3. The van der Waals surface area contributed by atoms with Crippen molar-refractivity contribution in [1.29, 1.82) is 0 Å². The summed E-state index contributed by atoms with van der Waals surface area (Å²) >= 11 is 0. The Morgan fingerprint density at radius 1 is 1.19 bits per heavy atom. The van der Waals surface area contributed by atoms with Gasteiger partial charge in [-0.25, -0.2) is 19.7 Å². The highest BCUT2D eigenvalue weighted by atomic mass is 16.6. The summed E-state index contributed by atoms with van der Waals surface area (Å²) in [5, 5.41) is 3.02. The van der Waals surface area contributed by atoms with Crippen LogP contribution in [-0.4, -0.2) is 50.3 Å². The number of hydrogen-bond donors (Lipinski definition) is 2. The lowest BCUT2D eigenvalue weighted by Crippen LogP contribution is -2.35. The Hall–Kier alpha value is -3.69. The monoisotopic (exact) mass is 421 g/mol. The van der Waals surface area contributed by atoms with Crippen LogP contribution in [0.2, 0.25) is 0 Å². The largest absolute Gasteiger partial charge is 0.426 e. The van der Waals surface area contributed by atoms with Crippen molar-refractivity contribution >= 4 is 29.0 Å². The highest BCUT2D eigenvalue weighted by molar-refractivity contribution is 5.95. The number of aromatic nitrogens is 4. The molecule has 2 fully saturated rings. The third-order valence-corrected chi connectivity index (χ3v) is 5.68. The van der Waals surface area contributed by atoms with Crippen LogP contribution in [0.25, 0.3) is 16.9 Å². The number of fused-ring (bicyclic) bond motifs is 1. The van der Waals surface area contributed by atoms with E-state index in [9.17, 15) is 9.59 Å². The zero-order valence-corrected chi connectivity index (χ0v) is 17.1. The average Bonchev–Trinajstić information content (AvgIpc) is 3.27. The van der Waals surface area contributed by atoms with Gasteiger partial charge in [0.05, 0.1) is 5.69 Å². The number of nitrogens with two attached hydrogens (primary N) is 1. The average molecular weight is 421 g/mol.